The van der Waals surface area contributed by atoms with Crippen molar-refractivity contribution in [2.24, 2.45) is 11.1 Å². The second kappa shape index (κ2) is 6.45. The summed E-state index contributed by atoms with van der Waals surface area (Å²) in [5.74, 6) is -0.299. The smallest absolute Gasteiger partial charge is 0.244 e. The van der Waals surface area contributed by atoms with Crippen LogP contribution in [0.4, 0.5) is 10.1 Å². The lowest BCUT2D eigenvalue weighted by Gasteiger charge is -2.47. The summed E-state index contributed by atoms with van der Waals surface area (Å²) in [4.78, 5) is 17.0. The van der Waals surface area contributed by atoms with Crippen LogP contribution in [0.15, 0.2) is 18.2 Å². The molecule has 2 aliphatic rings. The van der Waals surface area contributed by atoms with Gasteiger partial charge in [0, 0.05) is 25.7 Å². The molecule has 0 radical (unpaired) electrons. The monoisotopic (exact) mass is 333 g/mol. The molecule has 1 aromatic carbocycles. The molecule has 0 bridgehead atoms. The van der Waals surface area contributed by atoms with E-state index in [1.807, 2.05) is 6.92 Å². The molecule has 2 heterocycles. The molecule has 0 saturated carbocycles. The predicted molar refractivity (Wildman–Crippen MR) is 94.5 cm³/mol. The number of aryl methyl sites for hydroxylation is 1. The minimum atomic E-state index is -0.324. The highest BCUT2D eigenvalue weighted by molar-refractivity contribution is 5.98. The number of hydrogen-bond acceptors (Lipinski definition) is 3. The van der Waals surface area contributed by atoms with Crippen molar-refractivity contribution in [2.75, 3.05) is 24.5 Å². The van der Waals surface area contributed by atoms with Gasteiger partial charge in [0.1, 0.15) is 5.82 Å². The van der Waals surface area contributed by atoms with Crippen LogP contribution in [0.3, 0.4) is 0 Å². The predicted octanol–water partition coefficient (Wildman–Crippen LogP) is 2.69. The first-order valence-electron chi connectivity index (χ1n) is 8.87. The van der Waals surface area contributed by atoms with Crippen molar-refractivity contribution in [1.29, 1.82) is 0 Å². The number of likely N-dealkylation sites (tertiary alicyclic amines) is 1. The molecule has 1 amide bonds. The van der Waals surface area contributed by atoms with Crippen molar-refractivity contribution in [3.63, 3.8) is 0 Å². The number of anilines is 1. The zero-order valence-corrected chi connectivity index (χ0v) is 14.9. The molecule has 2 saturated heterocycles. The maximum atomic E-state index is 14.2. The Balaban J connectivity index is 1.82. The Bertz CT molecular complexity index is 631. The van der Waals surface area contributed by atoms with Gasteiger partial charge in [0.2, 0.25) is 5.91 Å². The van der Waals surface area contributed by atoms with Crippen LogP contribution < -0.4 is 10.6 Å². The molecule has 2 N–H and O–H groups in total. The van der Waals surface area contributed by atoms with Gasteiger partial charge in [-0.3, -0.25) is 9.69 Å². The first kappa shape index (κ1) is 17.4. The molecule has 2 atom stereocenters. The second-order valence-corrected chi connectivity index (χ2v) is 7.96. The van der Waals surface area contributed by atoms with Gasteiger partial charge in [-0.15, -0.1) is 0 Å². The van der Waals surface area contributed by atoms with Crippen molar-refractivity contribution >= 4 is 11.6 Å². The molecule has 0 aliphatic carbocycles. The summed E-state index contributed by atoms with van der Waals surface area (Å²) in [6.07, 6.45) is 2.64. The van der Waals surface area contributed by atoms with Crippen LogP contribution in [0.1, 0.15) is 38.7 Å². The average Bonchev–Trinajstić information content (AvgIpc) is 2.53. The van der Waals surface area contributed by atoms with E-state index < -0.39 is 0 Å². The standard InChI is InChI=1S/C19H28FN3O/c1-13-6-7-14(20)16(11-13)23-9-4-5-15(18(23)24)22-10-8-17(21)19(2,3)12-22/h6-7,11,15,17H,4-5,8-10,12,21H2,1-3H3. The molecule has 0 aromatic heterocycles. The molecule has 132 valence electrons. The number of nitrogens with two attached hydrogens (primary N) is 1. The summed E-state index contributed by atoms with van der Waals surface area (Å²) in [5, 5.41) is 0. The number of amides is 1. The molecule has 0 spiro atoms. The maximum absolute atomic E-state index is 14.2. The van der Waals surface area contributed by atoms with Crippen LogP contribution in [0.5, 0.6) is 0 Å². The second-order valence-electron chi connectivity index (χ2n) is 7.96. The Morgan fingerprint density at radius 1 is 1.25 bits per heavy atom. The van der Waals surface area contributed by atoms with Crippen LogP contribution in [0, 0.1) is 18.2 Å². The lowest BCUT2D eigenvalue weighted by molar-refractivity contribution is -0.127. The minimum absolute atomic E-state index is 0.00457. The van der Waals surface area contributed by atoms with Crippen molar-refractivity contribution in [3.8, 4) is 0 Å². The third-order valence-electron chi connectivity index (χ3n) is 5.59. The quantitative estimate of drug-likeness (QED) is 0.905. The molecular weight excluding hydrogens is 305 g/mol. The number of carbonyl (C=O) groups excluding carboxylic acids is 1. The molecule has 4 nitrogen and oxygen atoms in total. The Morgan fingerprint density at radius 3 is 2.71 bits per heavy atom. The van der Waals surface area contributed by atoms with Crippen molar-refractivity contribution in [3.05, 3.63) is 29.6 Å². The van der Waals surface area contributed by atoms with Gasteiger partial charge in [-0.1, -0.05) is 19.9 Å². The zero-order chi connectivity index (χ0) is 17.5. The Kier molecular flexibility index (Phi) is 4.67. The number of rotatable bonds is 2. The Morgan fingerprint density at radius 2 is 2.00 bits per heavy atom. The van der Waals surface area contributed by atoms with Crippen LogP contribution in [-0.2, 0) is 4.79 Å². The van der Waals surface area contributed by atoms with E-state index in [9.17, 15) is 9.18 Å². The number of benzene rings is 1. The molecule has 2 unspecified atom stereocenters. The van der Waals surface area contributed by atoms with Gasteiger partial charge < -0.3 is 10.6 Å². The number of carbonyl (C=O) groups is 1. The topological polar surface area (TPSA) is 49.6 Å². The van der Waals surface area contributed by atoms with Crippen LogP contribution in [0.25, 0.3) is 0 Å². The molecule has 2 fully saturated rings. The fourth-order valence-corrected chi connectivity index (χ4v) is 3.95. The summed E-state index contributed by atoms with van der Waals surface area (Å²) < 4.78 is 14.2. The molecule has 3 rings (SSSR count). The van der Waals surface area contributed by atoms with Crippen molar-refractivity contribution in [1.82, 2.24) is 4.90 Å². The first-order valence-corrected chi connectivity index (χ1v) is 8.87. The van der Waals surface area contributed by atoms with E-state index in [4.69, 9.17) is 5.73 Å². The average molecular weight is 333 g/mol. The van der Waals surface area contributed by atoms with Crippen molar-refractivity contribution in [2.45, 2.75) is 52.1 Å². The number of hydrogen-bond donors (Lipinski definition) is 1. The normalized spacial score (nSPS) is 28.2. The largest absolute Gasteiger partial charge is 0.327 e. The highest BCUT2D eigenvalue weighted by atomic mass is 19.1. The van der Waals surface area contributed by atoms with Gasteiger partial charge >= 0.3 is 0 Å². The van der Waals surface area contributed by atoms with Gasteiger partial charge in [-0.25, -0.2) is 4.39 Å². The molecule has 24 heavy (non-hydrogen) atoms. The number of nitrogens with zero attached hydrogens (tertiary/aromatic N) is 2. The molecular formula is C19H28FN3O. The van der Waals surface area contributed by atoms with E-state index >= 15 is 0 Å². The van der Waals surface area contributed by atoms with Crippen LogP contribution in [0.2, 0.25) is 0 Å². The number of piperidine rings is 2. The third kappa shape index (κ3) is 3.20. The van der Waals surface area contributed by atoms with Gasteiger partial charge in [0.15, 0.2) is 0 Å². The number of halogens is 1. The lowest BCUT2D eigenvalue weighted by Crippen LogP contribution is -2.60. The van der Waals surface area contributed by atoms with E-state index in [0.29, 0.717) is 12.2 Å². The SMILES string of the molecule is Cc1ccc(F)c(N2CCCC(N3CCC(N)C(C)(C)C3)C2=O)c1. The summed E-state index contributed by atoms with van der Waals surface area (Å²) in [6.45, 7) is 8.49. The fourth-order valence-electron chi connectivity index (χ4n) is 3.95. The van der Waals surface area contributed by atoms with Gasteiger partial charge in [-0.05, 0) is 49.3 Å². The van der Waals surface area contributed by atoms with Gasteiger partial charge in [0.05, 0.1) is 11.7 Å². The van der Waals surface area contributed by atoms with Gasteiger partial charge in [0.25, 0.3) is 0 Å². The summed E-state index contributed by atoms with van der Waals surface area (Å²) in [7, 11) is 0. The summed E-state index contributed by atoms with van der Waals surface area (Å²) >= 11 is 0. The van der Waals surface area contributed by atoms with Crippen molar-refractivity contribution < 1.29 is 9.18 Å². The first-order chi connectivity index (χ1) is 11.3. The van der Waals surface area contributed by atoms with E-state index in [-0.39, 0.29) is 29.2 Å². The lowest BCUT2D eigenvalue weighted by atomic mass is 9.79. The Hall–Kier alpha value is -1.46. The van der Waals surface area contributed by atoms with E-state index in [0.717, 1.165) is 37.9 Å². The molecule has 5 heteroatoms. The van der Waals surface area contributed by atoms with E-state index in [1.54, 1.807) is 17.0 Å². The summed E-state index contributed by atoms with van der Waals surface area (Å²) in [6, 6.07) is 4.96. The Labute approximate surface area is 143 Å². The minimum Gasteiger partial charge on any atom is -0.327 e. The highest BCUT2D eigenvalue weighted by Crippen LogP contribution is 2.33. The zero-order valence-electron chi connectivity index (χ0n) is 14.9. The highest BCUT2D eigenvalue weighted by Gasteiger charge is 2.41. The third-order valence-corrected chi connectivity index (χ3v) is 5.59. The fraction of sp³-hybridized carbons (Fsp3) is 0.632. The molecule has 2 aliphatic heterocycles. The van der Waals surface area contributed by atoms with Gasteiger partial charge in [-0.2, -0.15) is 0 Å². The van der Waals surface area contributed by atoms with E-state index in [1.165, 1.54) is 6.07 Å². The van der Waals surface area contributed by atoms with E-state index in [2.05, 4.69) is 18.7 Å². The van der Waals surface area contributed by atoms with Crippen LogP contribution >= 0.6 is 0 Å². The molecule has 1 aromatic rings. The maximum Gasteiger partial charge on any atom is 0.244 e. The summed E-state index contributed by atoms with van der Waals surface area (Å²) in [5.41, 5.74) is 7.60. The van der Waals surface area contributed by atoms with Crippen LogP contribution in [-0.4, -0.2) is 42.5 Å².